The molecule has 0 aromatic rings. The summed E-state index contributed by atoms with van der Waals surface area (Å²) in [6, 6.07) is -0.241. The molecule has 0 bridgehead atoms. The Balaban J connectivity index is 3.86. The Morgan fingerprint density at radius 3 is 2.06 bits per heavy atom. The summed E-state index contributed by atoms with van der Waals surface area (Å²) in [5, 5.41) is 14.0. The quantitative estimate of drug-likeness (QED) is 0.579. The molecule has 0 saturated carbocycles. The average Bonchev–Trinajstić information content (AvgIpc) is 2.22. The molecule has 0 aromatic heterocycles. The van der Waals surface area contributed by atoms with Crippen molar-refractivity contribution in [3.8, 4) is 0 Å². The van der Waals surface area contributed by atoms with E-state index in [2.05, 4.69) is 10.6 Å². The van der Waals surface area contributed by atoms with Crippen LogP contribution in [0.25, 0.3) is 0 Å². The van der Waals surface area contributed by atoms with Gasteiger partial charge in [0, 0.05) is 33.6 Å². The highest BCUT2D eigenvalue weighted by Crippen LogP contribution is 2.19. The van der Waals surface area contributed by atoms with E-state index in [0.29, 0.717) is 6.54 Å². The van der Waals surface area contributed by atoms with E-state index in [1.807, 2.05) is 0 Å². The van der Waals surface area contributed by atoms with Crippen LogP contribution in [0.4, 0.5) is 4.79 Å². The number of nitrogens with zero attached hydrogens (tertiary/aromatic N) is 1. The number of carbonyl (C=O) groups is 3. The molecule has 0 fully saturated rings. The van der Waals surface area contributed by atoms with Gasteiger partial charge in [0.1, 0.15) is 0 Å². The van der Waals surface area contributed by atoms with Crippen molar-refractivity contribution in [2.45, 2.75) is 20.3 Å². The third-order valence-electron chi connectivity index (χ3n) is 2.31. The van der Waals surface area contributed by atoms with Gasteiger partial charge in [0.05, 0.1) is 5.41 Å². The molecule has 104 valence electrons. The van der Waals surface area contributed by atoms with Crippen LogP contribution in [0.2, 0.25) is 0 Å². The Hall–Kier alpha value is -1.79. The molecule has 0 rings (SSSR count). The van der Waals surface area contributed by atoms with Crippen LogP contribution in [0, 0.1) is 5.41 Å². The van der Waals surface area contributed by atoms with Crippen LogP contribution in [0.1, 0.15) is 20.3 Å². The highest BCUT2D eigenvalue weighted by Gasteiger charge is 2.29. The molecule has 0 unspecified atom stereocenters. The number of aliphatic carboxylic acids is 1. The molecular formula is C11H21N3O4. The summed E-state index contributed by atoms with van der Waals surface area (Å²) >= 11 is 0. The van der Waals surface area contributed by atoms with Gasteiger partial charge < -0.3 is 20.6 Å². The van der Waals surface area contributed by atoms with E-state index in [1.54, 1.807) is 14.1 Å². The van der Waals surface area contributed by atoms with E-state index in [1.165, 1.54) is 18.7 Å². The van der Waals surface area contributed by atoms with E-state index in [0.717, 1.165) is 0 Å². The second-order valence-corrected chi connectivity index (χ2v) is 4.84. The minimum absolute atomic E-state index is 0.0933. The number of rotatable bonds is 6. The summed E-state index contributed by atoms with van der Waals surface area (Å²) in [5.41, 5.74) is -1.09. The van der Waals surface area contributed by atoms with Gasteiger partial charge in [-0.1, -0.05) is 0 Å². The summed E-state index contributed by atoms with van der Waals surface area (Å²) in [6.45, 7) is 3.55. The predicted octanol–water partition coefficient (Wildman–Crippen LogP) is -0.125. The minimum Gasteiger partial charge on any atom is -0.481 e. The highest BCUT2D eigenvalue weighted by atomic mass is 16.4. The molecule has 3 amide bonds. The van der Waals surface area contributed by atoms with Crippen molar-refractivity contribution in [3.63, 3.8) is 0 Å². The van der Waals surface area contributed by atoms with Crippen molar-refractivity contribution in [1.29, 1.82) is 0 Å². The standard InChI is InChI=1S/C11H21N3O4/c1-11(2,9(16)17)7-8(15)12-5-6-13-10(18)14(3)4/h5-7H2,1-4H3,(H,12,15)(H,13,18)(H,16,17). The molecule has 0 aliphatic carbocycles. The number of hydrogen-bond donors (Lipinski definition) is 3. The molecule has 0 spiro atoms. The zero-order valence-corrected chi connectivity index (χ0v) is 11.2. The normalized spacial score (nSPS) is 10.7. The molecule has 0 radical (unpaired) electrons. The second kappa shape index (κ2) is 6.83. The van der Waals surface area contributed by atoms with E-state index in [4.69, 9.17) is 5.11 Å². The Bertz CT molecular complexity index is 326. The number of carbonyl (C=O) groups excluding carboxylic acids is 2. The summed E-state index contributed by atoms with van der Waals surface area (Å²) in [6.07, 6.45) is -0.0933. The number of carboxylic acids is 1. The van der Waals surface area contributed by atoms with Gasteiger partial charge in [0.15, 0.2) is 0 Å². The number of carboxylic acid groups (broad SMARTS) is 1. The Labute approximate surface area is 107 Å². The first-order chi connectivity index (χ1) is 8.16. The molecule has 18 heavy (non-hydrogen) atoms. The highest BCUT2D eigenvalue weighted by molar-refractivity contribution is 5.84. The largest absolute Gasteiger partial charge is 0.481 e. The van der Waals surface area contributed by atoms with E-state index < -0.39 is 11.4 Å². The summed E-state index contributed by atoms with van der Waals surface area (Å²) in [5.74, 6) is -1.36. The van der Waals surface area contributed by atoms with Gasteiger partial charge in [-0.05, 0) is 13.8 Å². The number of hydrogen-bond acceptors (Lipinski definition) is 3. The van der Waals surface area contributed by atoms with Gasteiger partial charge in [-0.2, -0.15) is 0 Å². The van der Waals surface area contributed by atoms with E-state index >= 15 is 0 Å². The fraction of sp³-hybridized carbons (Fsp3) is 0.727. The molecule has 0 saturated heterocycles. The van der Waals surface area contributed by atoms with Crippen molar-refractivity contribution in [2.75, 3.05) is 27.2 Å². The summed E-state index contributed by atoms with van der Waals surface area (Å²) in [4.78, 5) is 34.8. The lowest BCUT2D eigenvalue weighted by Gasteiger charge is -2.18. The van der Waals surface area contributed by atoms with Crippen LogP contribution in [0.15, 0.2) is 0 Å². The van der Waals surface area contributed by atoms with Crippen LogP contribution in [0.5, 0.6) is 0 Å². The first-order valence-corrected chi connectivity index (χ1v) is 5.62. The van der Waals surface area contributed by atoms with Crippen LogP contribution in [0.3, 0.4) is 0 Å². The lowest BCUT2D eigenvalue weighted by molar-refractivity contribution is -0.149. The van der Waals surface area contributed by atoms with Gasteiger partial charge in [0.25, 0.3) is 0 Å². The van der Waals surface area contributed by atoms with Crippen molar-refractivity contribution in [1.82, 2.24) is 15.5 Å². The Morgan fingerprint density at radius 2 is 1.61 bits per heavy atom. The van der Waals surface area contributed by atoms with Gasteiger partial charge in [-0.15, -0.1) is 0 Å². The van der Waals surface area contributed by atoms with Crippen molar-refractivity contribution in [3.05, 3.63) is 0 Å². The first-order valence-electron chi connectivity index (χ1n) is 5.62. The maximum Gasteiger partial charge on any atom is 0.316 e. The molecular weight excluding hydrogens is 238 g/mol. The fourth-order valence-corrected chi connectivity index (χ4v) is 1.07. The van der Waals surface area contributed by atoms with Crippen molar-refractivity contribution >= 4 is 17.9 Å². The van der Waals surface area contributed by atoms with Crippen molar-refractivity contribution in [2.24, 2.45) is 5.41 Å². The smallest absolute Gasteiger partial charge is 0.316 e. The molecule has 0 heterocycles. The lowest BCUT2D eigenvalue weighted by Crippen LogP contribution is -2.40. The lowest BCUT2D eigenvalue weighted by atomic mass is 9.89. The van der Waals surface area contributed by atoms with E-state index in [9.17, 15) is 14.4 Å². The van der Waals surface area contributed by atoms with Crippen LogP contribution >= 0.6 is 0 Å². The van der Waals surface area contributed by atoms with Crippen molar-refractivity contribution < 1.29 is 19.5 Å². The number of nitrogens with one attached hydrogen (secondary N) is 2. The fourth-order valence-electron chi connectivity index (χ4n) is 1.07. The molecule has 0 aliphatic rings. The summed E-state index contributed by atoms with van der Waals surface area (Å²) < 4.78 is 0. The summed E-state index contributed by atoms with van der Waals surface area (Å²) in [7, 11) is 3.23. The third-order valence-corrected chi connectivity index (χ3v) is 2.31. The zero-order valence-electron chi connectivity index (χ0n) is 11.2. The van der Waals surface area contributed by atoms with E-state index in [-0.39, 0.29) is 24.9 Å². The molecule has 0 atom stereocenters. The molecule has 3 N–H and O–H groups in total. The molecule has 7 nitrogen and oxygen atoms in total. The monoisotopic (exact) mass is 259 g/mol. The Morgan fingerprint density at radius 1 is 1.11 bits per heavy atom. The zero-order chi connectivity index (χ0) is 14.3. The maximum absolute atomic E-state index is 11.4. The van der Waals surface area contributed by atoms with Gasteiger partial charge in [-0.25, -0.2) is 4.79 Å². The first kappa shape index (κ1) is 16.2. The number of urea groups is 1. The number of amides is 3. The average molecular weight is 259 g/mol. The molecule has 0 aliphatic heterocycles. The molecule has 0 aromatic carbocycles. The Kier molecular flexibility index (Phi) is 6.15. The topological polar surface area (TPSA) is 98.7 Å². The van der Waals surface area contributed by atoms with Crippen LogP contribution < -0.4 is 10.6 Å². The van der Waals surface area contributed by atoms with Gasteiger partial charge in [-0.3, -0.25) is 9.59 Å². The third kappa shape index (κ3) is 6.07. The van der Waals surface area contributed by atoms with Crippen LogP contribution in [-0.4, -0.2) is 55.1 Å². The van der Waals surface area contributed by atoms with Crippen LogP contribution in [-0.2, 0) is 9.59 Å². The molecule has 7 heteroatoms. The van der Waals surface area contributed by atoms with Gasteiger partial charge >= 0.3 is 12.0 Å². The van der Waals surface area contributed by atoms with Gasteiger partial charge in [0.2, 0.25) is 5.91 Å². The maximum atomic E-state index is 11.4. The second-order valence-electron chi connectivity index (χ2n) is 4.84. The predicted molar refractivity (Wildman–Crippen MR) is 66.1 cm³/mol. The SMILES string of the molecule is CN(C)C(=O)NCCNC(=O)CC(C)(C)C(=O)O. The minimum atomic E-state index is -1.09.